The Balaban J connectivity index is 3.55. The zero-order valence-electron chi connectivity index (χ0n) is 10.1. The molecule has 0 N–H and O–H groups in total. The summed E-state index contributed by atoms with van der Waals surface area (Å²) in [6.07, 6.45) is 1.38. The zero-order valence-corrected chi connectivity index (χ0v) is 10.9. The minimum Gasteiger partial charge on any atom is -0.159 e. The molecule has 2 atom stereocenters. The third-order valence-electron chi connectivity index (χ3n) is 2.97. The van der Waals surface area contributed by atoms with E-state index < -0.39 is 0 Å². The summed E-state index contributed by atoms with van der Waals surface area (Å²) in [6, 6.07) is 0. The van der Waals surface area contributed by atoms with Crippen molar-refractivity contribution in [3.8, 4) is 0 Å². The summed E-state index contributed by atoms with van der Waals surface area (Å²) >= 11 is 2.09. The van der Waals surface area contributed by atoms with Crippen molar-refractivity contribution in [2.45, 2.75) is 53.2 Å². The topological polar surface area (TPSA) is 0 Å². The van der Waals surface area contributed by atoms with Crippen LogP contribution in [0.2, 0.25) is 0 Å². The van der Waals surface area contributed by atoms with Crippen molar-refractivity contribution in [1.82, 2.24) is 0 Å². The highest BCUT2D eigenvalue weighted by atomic mass is 32.2. The summed E-state index contributed by atoms with van der Waals surface area (Å²) in [5, 5.41) is 0.793. The van der Waals surface area contributed by atoms with Crippen molar-refractivity contribution >= 4 is 11.8 Å². The Morgan fingerprint density at radius 2 is 1.46 bits per heavy atom. The maximum atomic E-state index is 2.39. The molecule has 0 saturated carbocycles. The lowest BCUT2D eigenvalue weighted by Gasteiger charge is -2.23. The molecule has 0 aromatic rings. The van der Waals surface area contributed by atoms with Gasteiger partial charge in [-0.25, -0.2) is 0 Å². The Hall–Kier alpha value is 0.350. The quantitative estimate of drug-likeness (QED) is 0.613. The van der Waals surface area contributed by atoms with Gasteiger partial charge in [0.1, 0.15) is 0 Å². The fourth-order valence-electron chi connectivity index (χ4n) is 1.41. The van der Waals surface area contributed by atoms with E-state index in [1.165, 1.54) is 12.2 Å². The fourth-order valence-corrected chi connectivity index (χ4v) is 2.39. The van der Waals surface area contributed by atoms with Gasteiger partial charge in [-0.1, -0.05) is 41.5 Å². The molecule has 0 aliphatic heterocycles. The third-order valence-corrected chi connectivity index (χ3v) is 4.11. The van der Waals surface area contributed by atoms with Crippen molar-refractivity contribution in [3.63, 3.8) is 0 Å². The van der Waals surface area contributed by atoms with Crippen LogP contribution in [0.1, 0.15) is 48.0 Å². The van der Waals surface area contributed by atoms with Gasteiger partial charge in [0.15, 0.2) is 0 Å². The summed E-state index contributed by atoms with van der Waals surface area (Å²) < 4.78 is 0. The first-order valence-corrected chi connectivity index (χ1v) is 6.61. The average Bonchev–Trinajstić information content (AvgIpc) is 2.02. The summed E-state index contributed by atoms with van der Waals surface area (Å²) in [7, 11) is 0. The number of rotatable bonds is 6. The molecule has 0 rings (SSSR count). The monoisotopic (exact) mass is 202 g/mol. The second-order valence-corrected chi connectivity index (χ2v) is 6.47. The van der Waals surface area contributed by atoms with E-state index >= 15 is 0 Å². The molecule has 0 spiro atoms. The van der Waals surface area contributed by atoms with E-state index in [4.69, 9.17) is 0 Å². The molecule has 0 nitrogen and oxygen atoms in total. The van der Waals surface area contributed by atoms with Crippen molar-refractivity contribution < 1.29 is 0 Å². The van der Waals surface area contributed by atoms with E-state index in [1.54, 1.807) is 0 Å². The molecule has 1 heteroatoms. The minimum absolute atomic E-state index is 0.793. The van der Waals surface area contributed by atoms with Crippen LogP contribution >= 0.6 is 11.8 Å². The Kier molecular flexibility index (Phi) is 6.93. The second-order valence-electron chi connectivity index (χ2n) is 4.79. The van der Waals surface area contributed by atoms with Gasteiger partial charge in [0, 0.05) is 0 Å². The molecular formula is C12H26S. The molecule has 0 amide bonds. The van der Waals surface area contributed by atoms with Crippen molar-refractivity contribution in [1.29, 1.82) is 0 Å². The van der Waals surface area contributed by atoms with Crippen LogP contribution in [0.5, 0.6) is 0 Å². The molecule has 0 aromatic heterocycles. The molecule has 0 heterocycles. The highest BCUT2D eigenvalue weighted by Crippen LogP contribution is 2.25. The minimum atomic E-state index is 0.793. The number of hydrogen-bond acceptors (Lipinski definition) is 1. The zero-order chi connectivity index (χ0) is 10.4. The first-order chi connectivity index (χ1) is 5.95. The molecule has 0 saturated heterocycles. The molecule has 0 radical (unpaired) electrons. The van der Waals surface area contributed by atoms with Crippen LogP contribution in [0.25, 0.3) is 0 Å². The number of thioether (sulfide) groups is 1. The van der Waals surface area contributed by atoms with E-state index in [2.05, 4.69) is 53.3 Å². The van der Waals surface area contributed by atoms with Crippen molar-refractivity contribution in [3.05, 3.63) is 0 Å². The maximum Gasteiger partial charge on any atom is -0.000968 e. The lowest BCUT2D eigenvalue weighted by Crippen LogP contribution is -2.15. The van der Waals surface area contributed by atoms with E-state index in [0.717, 1.165) is 23.0 Å². The fraction of sp³-hybridized carbons (Fsp3) is 1.00. The van der Waals surface area contributed by atoms with E-state index in [0.29, 0.717) is 0 Å². The molecule has 80 valence electrons. The smallest absolute Gasteiger partial charge is 0.000968 e. The largest absolute Gasteiger partial charge is 0.159 e. The van der Waals surface area contributed by atoms with Gasteiger partial charge in [-0.2, -0.15) is 11.8 Å². The molecule has 0 aromatic carbocycles. The van der Waals surface area contributed by atoms with E-state index in [1.807, 2.05) is 0 Å². The van der Waals surface area contributed by atoms with Gasteiger partial charge >= 0.3 is 0 Å². The molecule has 0 fully saturated rings. The lowest BCUT2D eigenvalue weighted by molar-refractivity contribution is 0.291. The Morgan fingerprint density at radius 1 is 0.923 bits per heavy atom. The summed E-state index contributed by atoms with van der Waals surface area (Å²) in [4.78, 5) is 0. The van der Waals surface area contributed by atoms with Gasteiger partial charge in [-0.15, -0.1) is 0 Å². The van der Waals surface area contributed by atoms with Gasteiger partial charge in [-0.3, -0.25) is 0 Å². The lowest BCUT2D eigenvalue weighted by atomic mass is 9.85. The molecule has 2 unspecified atom stereocenters. The molecule has 13 heavy (non-hydrogen) atoms. The van der Waals surface area contributed by atoms with Gasteiger partial charge in [0.05, 0.1) is 0 Å². The first-order valence-electron chi connectivity index (χ1n) is 5.56. The highest BCUT2D eigenvalue weighted by Gasteiger charge is 2.15. The summed E-state index contributed by atoms with van der Waals surface area (Å²) in [5.41, 5.74) is 0. The summed E-state index contributed by atoms with van der Waals surface area (Å²) in [5.74, 6) is 3.91. The summed E-state index contributed by atoms with van der Waals surface area (Å²) in [6.45, 7) is 14.0. The van der Waals surface area contributed by atoms with Gasteiger partial charge in [0.2, 0.25) is 0 Å². The predicted octanol–water partition coefficient (Wildman–Crippen LogP) is 4.45. The van der Waals surface area contributed by atoms with Gasteiger partial charge in [0.25, 0.3) is 0 Å². The molecular weight excluding hydrogens is 176 g/mol. The van der Waals surface area contributed by atoms with Crippen LogP contribution in [0.3, 0.4) is 0 Å². The molecule has 0 bridgehead atoms. The second kappa shape index (κ2) is 6.75. The highest BCUT2D eigenvalue weighted by molar-refractivity contribution is 7.99. The van der Waals surface area contributed by atoms with E-state index in [9.17, 15) is 0 Å². The Morgan fingerprint density at radius 3 is 1.85 bits per heavy atom. The normalized spacial score (nSPS) is 16.6. The first kappa shape index (κ1) is 13.4. The van der Waals surface area contributed by atoms with Crippen LogP contribution in [0.4, 0.5) is 0 Å². The molecule has 0 aliphatic rings. The van der Waals surface area contributed by atoms with Crippen LogP contribution in [-0.4, -0.2) is 11.0 Å². The number of hydrogen-bond donors (Lipinski definition) is 0. The van der Waals surface area contributed by atoms with Crippen LogP contribution in [0.15, 0.2) is 0 Å². The maximum absolute atomic E-state index is 2.39. The Labute approximate surface area is 88.9 Å². The SMILES string of the molecule is CC(C)SCCC(C)C(C)C(C)C. The van der Waals surface area contributed by atoms with Crippen LogP contribution in [0, 0.1) is 17.8 Å². The van der Waals surface area contributed by atoms with Crippen molar-refractivity contribution in [2.24, 2.45) is 17.8 Å². The van der Waals surface area contributed by atoms with E-state index in [-0.39, 0.29) is 0 Å². The Bertz CT molecular complexity index is 118. The van der Waals surface area contributed by atoms with Crippen LogP contribution < -0.4 is 0 Å². The van der Waals surface area contributed by atoms with Gasteiger partial charge < -0.3 is 0 Å². The van der Waals surface area contributed by atoms with Gasteiger partial charge in [-0.05, 0) is 35.2 Å². The third kappa shape index (κ3) is 6.42. The standard InChI is InChI=1S/C12H26S/c1-9(2)12(6)11(5)7-8-13-10(3)4/h9-12H,7-8H2,1-6H3. The van der Waals surface area contributed by atoms with Crippen molar-refractivity contribution in [2.75, 3.05) is 5.75 Å². The average molecular weight is 202 g/mol. The molecule has 0 aliphatic carbocycles. The van der Waals surface area contributed by atoms with Crippen LogP contribution in [-0.2, 0) is 0 Å². The predicted molar refractivity (Wildman–Crippen MR) is 65.4 cm³/mol.